The lowest BCUT2D eigenvalue weighted by Crippen LogP contribution is -2.35. The van der Waals surface area contributed by atoms with Crippen LogP contribution in [0.3, 0.4) is 0 Å². The summed E-state index contributed by atoms with van der Waals surface area (Å²) in [5.74, 6) is 0.0257. The van der Waals surface area contributed by atoms with Gasteiger partial charge in [0.2, 0.25) is 5.91 Å². The van der Waals surface area contributed by atoms with Gasteiger partial charge in [0.05, 0.1) is 0 Å². The number of allylic oxidation sites excluding steroid dienone is 1. The number of likely N-dealkylation sites (N-methyl/N-ethyl adjacent to an activating group) is 1. The van der Waals surface area contributed by atoms with Gasteiger partial charge in [-0.05, 0) is 33.0 Å². The third-order valence-corrected chi connectivity index (χ3v) is 2.06. The van der Waals surface area contributed by atoms with Crippen LogP contribution in [0.4, 0.5) is 0 Å². The van der Waals surface area contributed by atoms with E-state index in [0.29, 0.717) is 6.04 Å². The summed E-state index contributed by atoms with van der Waals surface area (Å²) in [5.41, 5.74) is 0. The van der Waals surface area contributed by atoms with Crippen LogP contribution in [0.1, 0.15) is 13.3 Å². The highest BCUT2D eigenvalue weighted by molar-refractivity contribution is 5.87. The third kappa shape index (κ3) is 2.66. The molecular weight excluding hydrogens is 152 g/mol. The summed E-state index contributed by atoms with van der Waals surface area (Å²) in [7, 11) is 2.07. The zero-order valence-corrected chi connectivity index (χ0v) is 7.71. The predicted octanol–water partition coefficient (Wildman–Crippen LogP) is 0.383. The number of nitrogens with one attached hydrogen (secondary N) is 1. The molecule has 68 valence electrons. The summed E-state index contributed by atoms with van der Waals surface area (Å²) in [5, 5.41) is 2.94. The highest BCUT2D eigenvalue weighted by atomic mass is 16.1. The first-order chi connectivity index (χ1) is 5.72. The summed E-state index contributed by atoms with van der Waals surface area (Å²) >= 11 is 0. The Hall–Kier alpha value is -0.830. The van der Waals surface area contributed by atoms with E-state index in [1.807, 2.05) is 6.92 Å². The largest absolute Gasteiger partial charge is 0.348 e. The van der Waals surface area contributed by atoms with Gasteiger partial charge in [-0.1, -0.05) is 6.08 Å². The molecule has 0 aromatic carbocycles. The quantitative estimate of drug-likeness (QED) is 0.605. The van der Waals surface area contributed by atoms with E-state index in [0.717, 1.165) is 19.5 Å². The van der Waals surface area contributed by atoms with Gasteiger partial charge in [0.1, 0.15) is 0 Å². The Bertz CT molecular complexity index is 189. The van der Waals surface area contributed by atoms with Gasteiger partial charge in [-0.2, -0.15) is 0 Å². The molecule has 0 saturated carbocycles. The highest BCUT2D eigenvalue weighted by Gasteiger charge is 2.19. The summed E-state index contributed by atoms with van der Waals surface area (Å²) in [6, 6.07) is 0.346. The summed E-state index contributed by atoms with van der Waals surface area (Å²) in [4.78, 5) is 13.3. The standard InChI is InChI=1S/C9H16N2O/c1-3-4-9(12)10-8-5-6-11(2)7-8/h3-4,8H,5-7H2,1-2H3,(H,10,12). The van der Waals surface area contributed by atoms with Crippen LogP contribution in [0.15, 0.2) is 12.2 Å². The molecular formula is C9H16N2O. The van der Waals surface area contributed by atoms with E-state index in [-0.39, 0.29) is 5.91 Å². The Balaban J connectivity index is 2.27. The monoisotopic (exact) mass is 168 g/mol. The average Bonchev–Trinajstić information content (AvgIpc) is 2.36. The van der Waals surface area contributed by atoms with Crippen LogP contribution in [0.25, 0.3) is 0 Å². The molecule has 0 radical (unpaired) electrons. The number of carbonyl (C=O) groups excluding carboxylic acids is 1. The van der Waals surface area contributed by atoms with Crippen molar-refractivity contribution in [3.05, 3.63) is 12.2 Å². The predicted molar refractivity (Wildman–Crippen MR) is 48.9 cm³/mol. The van der Waals surface area contributed by atoms with Crippen LogP contribution in [0.5, 0.6) is 0 Å². The molecule has 0 aromatic heterocycles. The minimum Gasteiger partial charge on any atom is -0.348 e. The van der Waals surface area contributed by atoms with Crippen molar-refractivity contribution in [3.8, 4) is 0 Å². The lowest BCUT2D eigenvalue weighted by molar-refractivity contribution is -0.117. The van der Waals surface area contributed by atoms with Gasteiger partial charge in [0.15, 0.2) is 0 Å². The van der Waals surface area contributed by atoms with Crippen molar-refractivity contribution >= 4 is 5.91 Å². The van der Waals surface area contributed by atoms with Crippen molar-refractivity contribution in [2.24, 2.45) is 0 Å². The van der Waals surface area contributed by atoms with E-state index >= 15 is 0 Å². The Morgan fingerprint density at radius 3 is 2.92 bits per heavy atom. The lowest BCUT2D eigenvalue weighted by Gasteiger charge is -2.10. The van der Waals surface area contributed by atoms with Crippen LogP contribution < -0.4 is 5.32 Å². The second-order valence-corrected chi connectivity index (χ2v) is 3.26. The molecule has 3 nitrogen and oxygen atoms in total. The molecule has 1 fully saturated rings. The molecule has 1 atom stereocenters. The van der Waals surface area contributed by atoms with E-state index in [1.165, 1.54) is 0 Å². The van der Waals surface area contributed by atoms with E-state index in [9.17, 15) is 4.79 Å². The smallest absolute Gasteiger partial charge is 0.243 e. The van der Waals surface area contributed by atoms with Gasteiger partial charge in [-0.15, -0.1) is 0 Å². The van der Waals surface area contributed by atoms with Crippen molar-refractivity contribution < 1.29 is 4.79 Å². The zero-order valence-electron chi connectivity index (χ0n) is 7.71. The summed E-state index contributed by atoms with van der Waals surface area (Å²) < 4.78 is 0. The average molecular weight is 168 g/mol. The molecule has 1 saturated heterocycles. The summed E-state index contributed by atoms with van der Waals surface area (Å²) in [6.45, 7) is 3.91. The van der Waals surface area contributed by atoms with E-state index in [2.05, 4.69) is 17.3 Å². The first kappa shape index (κ1) is 9.26. The van der Waals surface area contributed by atoms with Gasteiger partial charge < -0.3 is 10.2 Å². The van der Waals surface area contributed by atoms with Crippen LogP contribution in [0.2, 0.25) is 0 Å². The topological polar surface area (TPSA) is 32.3 Å². The molecule has 1 N–H and O–H groups in total. The second-order valence-electron chi connectivity index (χ2n) is 3.26. The van der Waals surface area contributed by atoms with E-state index < -0.39 is 0 Å². The zero-order chi connectivity index (χ0) is 8.97. The normalized spacial score (nSPS) is 25.0. The second kappa shape index (κ2) is 4.26. The number of hydrogen-bond acceptors (Lipinski definition) is 2. The molecule has 0 bridgehead atoms. The molecule has 1 rings (SSSR count). The van der Waals surface area contributed by atoms with Gasteiger partial charge in [0, 0.05) is 12.6 Å². The fourth-order valence-corrected chi connectivity index (χ4v) is 1.45. The Labute approximate surface area is 73.4 Å². The number of carbonyl (C=O) groups is 1. The molecule has 1 unspecified atom stereocenters. The molecule has 1 aliphatic heterocycles. The molecule has 12 heavy (non-hydrogen) atoms. The van der Waals surface area contributed by atoms with Gasteiger partial charge >= 0.3 is 0 Å². The first-order valence-corrected chi connectivity index (χ1v) is 4.34. The minimum atomic E-state index is 0.0257. The van der Waals surface area contributed by atoms with Gasteiger partial charge in [-0.3, -0.25) is 4.79 Å². The summed E-state index contributed by atoms with van der Waals surface area (Å²) in [6.07, 6.45) is 4.39. The molecule has 1 amide bonds. The van der Waals surface area contributed by atoms with Crippen LogP contribution >= 0.6 is 0 Å². The molecule has 1 aliphatic rings. The number of nitrogens with zero attached hydrogens (tertiary/aromatic N) is 1. The minimum absolute atomic E-state index is 0.0257. The Kier molecular flexibility index (Phi) is 3.29. The van der Waals surface area contributed by atoms with Crippen molar-refractivity contribution in [2.75, 3.05) is 20.1 Å². The Morgan fingerprint density at radius 2 is 2.42 bits per heavy atom. The maximum atomic E-state index is 11.1. The highest BCUT2D eigenvalue weighted by Crippen LogP contribution is 2.05. The maximum Gasteiger partial charge on any atom is 0.243 e. The maximum absolute atomic E-state index is 11.1. The van der Waals surface area contributed by atoms with Crippen LogP contribution in [0, 0.1) is 0 Å². The van der Waals surface area contributed by atoms with Crippen molar-refractivity contribution in [1.82, 2.24) is 10.2 Å². The van der Waals surface area contributed by atoms with Gasteiger partial charge in [-0.25, -0.2) is 0 Å². The van der Waals surface area contributed by atoms with Crippen molar-refractivity contribution in [1.29, 1.82) is 0 Å². The first-order valence-electron chi connectivity index (χ1n) is 4.34. The fourth-order valence-electron chi connectivity index (χ4n) is 1.45. The van der Waals surface area contributed by atoms with Crippen LogP contribution in [-0.4, -0.2) is 37.0 Å². The molecule has 1 heterocycles. The van der Waals surface area contributed by atoms with E-state index in [4.69, 9.17) is 0 Å². The fraction of sp³-hybridized carbons (Fsp3) is 0.667. The third-order valence-electron chi connectivity index (χ3n) is 2.06. The molecule has 0 aromatic rings. The number of hydrogen-bond donors (Lipinski definition) is 1. The van der Waals surface area contributed by atoms with Crippen molar-refractivity contribution in [3.63, 3.8) is 0 Å². The SMILES string of the molecule is CC=CC(=O)NC1CCN(C)C1. The Morgan fingerprint density at radius 1 is 1.67 bits per heavy atom. The number of likely N-dealkylation sites (tertiary alicyclic amines) is 1. The van der Waals surface area contributed by atoms with E-state index in [1.54, 1.807) is 12.2 Å². The molecule has 3 heteroatoms. The molecule has 0 aliphatic carbocycles. The molecule has 0 spiro atoms. The number of amides is 1. The van der Waals surface area contributed by atoms with Gasteiger partial charge in [0.25, 0.3) is 0 Å². The lowest BCUT2D eigenvalue weighted by atomic mass is 10.2. The van der Waals surface area contributed by atoms with Crippen molar-refractivity contribution in [2.45, 2.75) is 19.4 Å². The van der Waals surface area contributed by atoms with Crippen LogP contribution in [-0.2, 0) is 4.79 Å². The number of rotatable bonds is 2.